The summed E-state index contributed by atoms with van der Waals surface area (Å²) in [4.78, 5) is 25.7. The summed E-state index contributed by atoms with van der Waals surface area (Å²) in [5, 5.41) is 10.8. The molecule has 0 radical (unpaired) electrons. The first-order valence-corrected chi connectivity index (χ1v) is 9.18. The van der Waals surface area contributed by atoms with Gasteiger partial charge < -0.3 is 15.2 Å². The first-order valence-electron chi connectivity index (χ1n) is 8.30. The summed E-state index contributed by atoms with van der Waals surface area (Å²) in [6, 6.07) is 11.3. The van der Waals surface area contributed by atoms with Gasteiger partial charge >= 0.3 is 0 Å². The normalized spacial score (nSPS) is 11.8. The number of nitrogens with zero attached hydrogens (tertiary/aromatic N) is 1. The minimum Gasteiger partial charge on any atom is -0.360 e. The van der Waals surface area contributed by atoms with Gasteiger partial charge in [0.25, 0.3) is 0 Å². The number of anilines is 1. The van der Waals surface area contributed by atoms with E-state index in [1.165, 1.54) is 12.1 Å². The summed E-state index contributed by atoms with van der Waals surface area (Å²) in [6.07, 6.45) is 0.471. The molecule has 8 heteroatoms. The topological polar surface area (TPSA) is 84.2 Å². The molecule has 1 unspecified atom stereocenters. The zero-order valence-corrected chi connectivity index (χ0v) is 15.4. The van der Waals surface area contributed by atoms with Gasteiger partial charge in [-0.3, -0.25) is 9.59 Å². The first kappa shape index (κ1) is 18.8. The number of rotatable bonds is 7. The molecule has 3 rings (SSSR count). The van der Waals surface area contributed by atoms with E-state index in [0.717, 1.165) is 4.88 Å². The number of hydrogen-bond acceptors (Lipinski definition) is 5. The minimum absolute atomic E-state index is 0.202. The minimum atomic E-state index is -0.522. The van der Waals surface area contributed by atoms with Gasteiger partial charge in [0.15, 0.2) is 5.82 Å². The van der Waals surface area contributed by atoms with Gasteiger partial charge in [0.05, 0.1) is 12.5 Å². The molecule has 2 heterocycles. The SMILES string of the molecule is Cc1cc(NC(=O)CNC(=O)C(Cc2cccs2)c2ccc(F)cc2)no1. The van der Waals surface area contributed by atoms with Gasteiger partial charge in [0, 0.05) is 10.9 Å². The Kier molecular flexibility index (Phi) is 5.97. The van der Waals surface area contributed by atoms with E-state index in [-0.39, 0.29) is 18.3 Å². The van der Waals surface area contributed by atoms with Crippen LogP contribution in [0.3, 0.4) is 0 Å². The number of carbonyl (C=O) groups excluding carboxylic acids is 2. The van der Waals surface area contributed by atoms with E-state index in [4.69, 9.17) is 4.52 Å². The monoisotopic (exact) mass is 387 g/mol. The predicted octanol–water partition coefficient (Wildman–Crippen LogP) is 3.26. The highest BCUT2D eigenvalue weighted by Crippen LogP contribution is 2.24. The molecule has 6 nitrogen and oxygen atoms in total. The molecule has 3 aromatic rings. The maximum absolute atomic E-state index is 13.2. The fraction of sp³-hybridized carbons (Fsp3) is 0.211. The number of benzene rings is 1. The number of amides is 2. The highest BCUT2D eigenvalue weighted by atomic mass is 32.1. The summed E-state index contributed by atoms with van der Waals surface area (Å²) in [5.41, 5.74) is 0.690. The molecule has 1 atom stereocenters. The lowest BCUT2D eigenvalue weighted by molar-refractivity contribution is -0.125. The van der Waals surface area contributed by atoms with Crippen molar-refractivity contribution in [3.05, 3.63) is 69.9 Å². The Hall–Kier alpha value is -3.00. The van der Waals surface area contributed by atoms with Crippen molar-refractivity contribution in [1.82, 2.24) is 10.5 Å². The second-order valence-corrected chi connectivity index (χ2v) is 7.01. The van der Waals surface area contributed by atoms with Crippen LogP contribution in [0.2, 0.25) is 0 Å². The van der Waals surface area contributed by atoms with Crippen molar-refractivity contribution < 1.29 is 18.5 Å². The summed E-state index contributed by atoms with van der Waals surface area (Å²) >= 11 is 1.54. The number of aromatic nitrogens is 1. The van der Waals surface area contributed by atoms with Crippen LogP contribution in [0.5, 0.6) is 0 Å². The summed E-state index contributed by atoms with van der Waals surface area (Å²) < 4.78 is 18.1. The van der Waals surface area contributed by atoms with Crippen LogP contribution in [-0.4, -0.2) is 23.5 Å². The molecule has 0 aliphatic heterocycles. The molecule has 0 saturated heterocycles. The van der Waals surface area contributed by atoms with E-state index in [1.54, 1.807) is 36.5 Å². The third-order valence-corrected chi connectivity index (χ3v) is 4.79. The average molecular weight is 387 g/mol. The molecule has 2 aromatic heterocycles. The third kappa shape index (κ3) is 5.24. The highest BCUT2D eigenvalue weighted by Gasteiger charge is 2.22. The van der Waals surface area contributed by atoms with Gasteiger partial charge in [-0.25, -0.2) is 4.39 Å². The maximum atomic E-state index is 13.2. The van der Waals surface area contributed by atoms with E-state index >= 15 is 0 Å². The number of aryl methyl sites for hydroxylation is 1. The van der Waals surface area contributed by atoms with Crippen LogP contribution in [-0.2, 0) is 16.0 Å². The highest BCUT2D eigenvalue weighted by molar-refractivity contribution is 7.09. The fourth-order valence-corrected chi connectivity index (χ4v) is 3.34. The standard InChI is InChI=1S/C19H18FN3O3S/c1-12-9-17(23-26-12)22-18(24)11-21-19(25)16(10-15-3-2-8-27-15)13-4-6-14(20)7-5-13/h2-9,16H,10-11H2,1H3,(H,21,25)(H,22,23,24). The molecular formula is C19H18FN3O3S. The van der Waals surface area contributed by atoms with Gasteiger partial charge in [-0.1, -0.05) is 23.4 Å². The Morgan fingerprint density at radius 2 is 2.04 bits per heavy atom. The van der Waals surface area contributed by atoms with Gasteiger partial charge in [-0.2, -0.15) is 0 Å². The van der Waals surface area contributed by atoms with Crippen LogP contribution >= 0.6 is 11.3 Å². The van der Waals surface area contributed by atoms with Crippen molar-refractivity contribution in [2.45, 2.75) is 19.3 Å². The lowest BCUT2D eigenvalue weighted by Gasteiger charge is -2.16. The number of nitrogens with one attached hydrogen (secondary N) is 2. The van der Waals surface area contributed by atoms with Crippen molar-refractivity contribution in [3.8, 4) is 0 Å². The first-order chi connectivity index (χ1) is 13.0. The number of thiophene rings is 1. The molecular weight excluding hydrogens is 369 g/mol. The van der Waals surface area contributed by atoms with Crippen molar-refractivity contribution in [1.29, 1.82) is 0 Å². The molecule has 2 N–H and O–H groups in total. The fourth-order valence-electron chi connectivity index (χ4n) is 2.59. The van der Waals surface area contributed by atoms with Crippen molar-refractivity contribution in [2.75, 3.05) is 11.9 Å². The smallest absolute Gasteiger partial charge is 0.245 e. The quantitative estimate of drug-likeness (QED) is 0.652. The van der Waals surface area contributed by atoms with E-state index in [2.05, 4.69) is 15.8 Å². The van der Waals surface area contributed by atoms with E-state index in [9.17, 15) is 14.0 Å². The molecule has 2 amide bonds. The van der Waals surface area contributed by atoms with Gasteiger partial charge in [0.2, 0.25) is 11.8 Å². The largest absolute Gasteiger partial charge is 0.360 e. The zero-order valence-electron chi connectivity index (χ0n) is 14.6. The Morgan fingerprint density at radius 3 is 2.67 bits per heavy atom. The van der Waals surface area contributed by atoms with Crippen LogP contribution in [0.15, 0.2) is 52.4 Å². The Labute approximate surface area is 159 Å². The van der Waals surface area contributed by atoms with Crippen molar-refractivity contribution in [3.63, 3.8) is 0 Å². The van der Waals surface area contributed by atoms with Crippen LogP contribution in [0.4, 0.5) is 10.2 Å². The molecule has 0 saturated carbocycles. The van der Waals surface area contributed by atoms with E-state index < -0.39 is 11.8 Å². The Morgan fingerprint density at radius 1 is 1.26 bits per heavy atom. The Balaban J connectivity index is 1.65. The average Bonchev–Trinajstić information content (AvgIpc) is 3.30. The lowest BCUT2D eigenvalue weighted by Crippen LogP contribution is -2.36. The van der Waals surface area contributed by atoms with Gasteiger partial charge in [-0.15, -0.1) is 11.3 Å². The molecule has 0 fully saturated rings. The summed E-state index contributed by atoms with van der Waals surface area (Å²) in [6.45, 7) is 1.51. The molecule has 0 bridgehead atoms. The summed E-state index contributed by atoms with van der Waals surface area (Å²) in [7, 11) is 0. The maximum Gasteiger partial charge on any atom is 0.245 e. The summed E-state index contributed by atoms with van der Waals surface area (Å²) in [5.74, 6) is -0.739. The molecule has 27 heavy (non-hydrogen) atoms. The zero-order chi connectivity index (χ0) is 19.2. The van der Waals surface area contributed by atoms with Crippen molar-refractivity contribution >= 4 is 29.0 Å². The van der Waals surface area contributed by atoms with E-state index in [1.807, 2.05) is 17.5 Å². The second-order valence-electron chi connectivity index (χ2n) is 5.98. The van der Waals surface area contributed by atoms with Crippen LogP contribution in [0, 0.1) is 12.7 Å². The Bertz CT molecular complexity index is 907. The van der Waals surface area contributed by atoms with Crippen LogP contribution in [0.25, 0.3) is 0 Å². The second kappa shape index (κ2) is 8.59. The molecule has 0 aliphatic rings. The lowest BCUT2D eigenvalue weighted by atomic mass is 9.94. The third-order valence-electron chi connectivity index (χ3n) is 3.89. The van der Waals surface area contributed by atoms with E-state index in [0.29, 0.717) is 23.6 Å². The number of halogens is 1. The van der Waals surface area contributed by atoms with Gasteiger partial charge in [0.1, 0.15) is 11.6 Å². The number of carbonyl (C=O) groups is 2. The van der Waals surface area contributed by atoms with Crippen molar-refractivity contribution in [2.24, 2.45) is 0 Å². The molecule has 1 aromatic carbocycles. The van der Waals surface area contributed by atoms with Crippen LogP contribution in [0.1, 0.15) is 22.1 Å². The predicted molar refractivity (Wildman–Crippen MR) is 100 cm³/mol. The van der Waals surface area contributed by atoms with Crippen LogP contribution < -0.4 is 10.6 Å². The molecule has 0 aliphatic carbocycles. The molecule has 140 valence electrons. The van der Waals surface area contributed by atoms with Gasteiger partial charge in [-0.05, 0) is 42.5 Å². The number of hydrogen-bond donors (Lipinski definition) is 2. The molecule has 0 spiro atoms.